The van der Waals surface area contributed by atoms with Crippen LogP contribution in [0.1, 0.15) is 24.3 Å². The second-order valence-electron chi connectivity index (χ2n) is 4.44. The summed E-state index contributed by atoms with van der Waals surface area (Å²) in [6.45, 7) is 2.07. The first-order chi connectivity index (χ1) is 9.34. The molecule has 0 saturated carbocycles. The van der Waals surface area contributed by atoms with Gasteiger partial charge in [0.05, 0.1) is 5.92 Å². The molecule has 0 aliphatic heterocycles. The van der Waals surface area contributed by atoms with E-state index in [1.54, 1.807) is 0 Å². The Bertz CT molecular complexity index is 647. The van der Waals surface area contributed by atoms with E-state index in [-0.39, 0.29) is 5.92 Å². The summed E-state index contributed by atoms with van der Waals surface area (Å²) in [7, 11) is 0. The number of nitrogens with zero attached hydrogens (tertiary/aromatic N) is 2. The van der Waals surface area contributed by atoms with Crippen LogP contribution in [0.15, 0.2) is 65.1 Å². The summed E-state index contributed by atoms with van der Waals surface area (Å²) in [5.74, 6) is 1.31. The smallest absolute Gasteiger partial charge is 0.247 e. The Morgan fingerprint density at radius 1 is 0.842 bits per heavy atom. The lowest BCUT2D eigenvalue weighted by molar-refractivity contribution is 0.490. The third-order valence-electron chi connectivity index (χ3n) is 3.13. The fraction of sp³-hybridized carbons (Fsp3) is 0.125. The average Bonchev–Trinajstić information content (AvgIpc) is 2.98. The van der Waals surface area contributed by atoms with Crippen LogP contribution in [0.25, 0.3) is 11.5 Å². The first-order valence-corrected chi connectivity index (χ1v) is 6.28. The summed E-state index contributed by atoms with van der Waals surface area (Å²) >= 11 is 0. The lowest BCUT2D eigenvalue weighted by Gasteiger charge is -2.05. The van der Waals surface area contributed by atoms with Crippen LogP contribution in [0.4, 0.5) is 0 Å². The van der Waals surface area contributed by atoms with E-state index in [2.05, 4.69) is 29.3 Å². The highest BCUT2D eigenvalue weighted by Crippen LogP contribution is 2.25. The maximum Gasteiger partial charge on any atom is 0.247 e. The molecule has 0 aliphatic carbocycles. The molecule has 0 amide bonds. The molecule has 3 aromatic rings. The third-order valence-corrected chi connectivity index (χ3v) is 3.13. The molecule has 19 heavy (non-hydrogen) atoms. The molecule has 1 aromatic heterocycles. The second-order valence-corrected chi connectivity index (χ2v) is 4.44. The van der Waals surface area contributed by atoms with Gasteiger partial charge in [0.2, 0.25) is 11.8 Å². The van der Waals surface area contributed by atoms with Crippen molar-refractivity contribution >= 4 is 0 Å². The van der Waals surface area contributed by atoms with Gasteiger partial charge < -0.3 is 4.42 Å². The topological polar surface area (TPSA) is 38.9 Å². The maximum absolute atomic E-state index is 5.76. The summed E-state index contributed by atoms with van der Waals surface area (Å²) in [4.78, 5) is 0. The van der Waals surface area contributed by atoms with Crippen LogP contribution in [0.2, 0.25) is 0 Å². The Kier molecular flexibility index (Phi) is 3.11. The van der Waals surface area contributed by atoms with E-state index in [9.17, 15) is 0 Å². The standard InChI is InChI=1S/C16H14N2O/c1-12(13-8-4-2-5-9-13)15-17-18-16(19-15)14-10-6-3-7-11-14/h2-12H,1H3. The van der Waals surface area contributed by atoms with Crippen LogP contribution < -0.4 is 0 Å². The van der Waals surface area contributed by atoms with Crippen molar-refractivity contribution in [2.75, 3.05) is 0 Å². The summed E-state index contributed by atoms with van der Waals surface area (Å²) in [5, 5.41) is 8.27. The summed E-state index contributed by atoms with van der Waals surface area (Å²) in [5.41, 5.74) is 2.12. The molecule has 1 unspecified atom stereocenters. The molecule has 3 rings (SSSR count). The summed E-state index contributed by atoms with van der Waals surface area (Å²) < 4.78 is 5.76. The number of benzene rings is 2. The van der Waals surface area contributed by atoms with Gasteiger partial charge in [-0.25, -0.2) is 0 Å². The first kappa shape index (κ1) is 11.7. The molecule has 0 fully saturated rings. The maximum atomic E-state index is 5.76. The molecule has 1 heterocycles. The van der Waals surface area contributed by atoms with E-state index in [1.165, 1.54) is 5.56 Å². The van der Waals surface area contributed by atoms with Crippen molar-refractivity contribution in [2.24, 2.45) is 0 Å². The van der Waals surface area contributed by atoms with E-state index < -0.39 is 0 Å². The quantitative estimate of drug-likeness (QED) is 0.708. The predicted molar refractivity (Wildman–Crippen MR) is 73.7 cm³/mol. The van der Waals surface area contributed by atoms with Crippen molar-refractivity contribution in [1.82, 2.24) is 10.2 Å². The van der Waals surface area contributed by atoms with Gasteiger partial charge >= 0.3 is 0 Å². The van der Waals surface area contributed by atoms with Gasteiger partial charge in [0.25, 0.3) is 0 Å². The number of hydrogen-bond donors (Lipinski definition) is 0. The van der Waals surface area contributed by atoms with Crippen molar-refractivity contribution in [1.29, 1.82) is 0 Å². The van der Waals surface area contributed by atoms with Gasteiger partial charge in [0.1, 0.15) is 0 Å². The minimum Gasteiger partial charge on any atom is -0.420 e. The fourth-order valence-corrected chi connectivity index (χ4v) is 1.99. The molecular formula is C16H14N2O. The van der Waals surface area contributed by atoms with Crippen molar-refractivity contribution in [3.05, 3.63) is 72.1 Å². The summed E-state index contributed by atoms with van der Waals surface area (Å²) in [6.07, 6.45) is 0. The van der Waals surface area contributed by atoms with Crippen molar-refractivity contribution in [3.8, 4) is 11.5 Å². The highest BCUT2D eigenvalue weighted by Gasteiger charge is 2.16. The van der Waals surface area contributed by atoms with Crippen LogP contribution in [0.3, 0.4) is 0 Å². The molecule has 1 atom stereocenters. The zero-order chi connectivity index (χ0) is 13.1. The lowest BCUT2D eigenvalue weighted by atomic mass is 10.0. The molecule has 3 nitrogen and oxygen atoms in total. The fourth-order valence-electron chi connectivity index (χ4n) is 1.99. The minimum atomic E-state index is 0.103. The van der Waals surface area contributed by atoms with Crippen LogP contribution >= 0.6 is 0 Å². The molecule has 94 valence electrons. The molecule has 0 radical (unpaired) electrons. The highest BCUT2D eigenvalue weighted by atomic mass is 16.4. The van der Waals surface area contributed by atoms with Gasteiger partial charge in [-0.2, -0.15) is 0 Å². The van der Waals surface area contributed by atoms with Crippen LogP contribution in [0.5, 0.6) is 0 Å². The molecule has 0 bridgehead atoms. The van der Waals surface area contributed by atoms with Crippen LogP contribution in [-0.2, 0) is 0 Å². The molecule has 3 heteroatoms. The van der Waals surface area contributed by atoms with Crippen LogP contribution in [0, 0.1) is 0 Å². The molecule has 0 spiro atoms. The molecule has 2 aromatic carbocycles. The zero-order valence-electron chi connectivity index (χ0n) is 10.7. The van der Waals surface area contributed by atoms with Crippen molar-refractivity contribution < 1.29 is 4.42 Å². The van der Waals surface area contributed by atoms with Gasteiger partial charge in [-0.05, 0) is 24.6 Å². The number of aromatic nitrogens is 2. The minimum absolute atomic E-state index is 0.103. The van der Waals surface area contributed by atoms with Crippen molar-refractivity contribution in [2.45, 2.75) is 12.8 Å². The average molecular weight is 250 g/mol. The molecular weight excluding hydrogens is 236 g/mol. The Hall–Kier alpha value is -2.42. The normalized spacial score (nSPS) is 12.3. The Morgan fingerprint density at radius 3 is 2.16 bits per heavy atom. The van der Waals surface area contributed by atoms with E-state index in [1.807, 2.05) is 48.5 Å². The van der Waals surface area contributed by atoms with Gasteiger partial charge in [0.15, 0.2) is 0 Å². The largest absolute Gasteiger partial charge is 0.420 e. The SMILES string of the molecule is CC(c1ccccc1)c1nnc(-c2ccccc2)o1. The van der Waals surface area contributed by atoms with Gasteiger partial charge in [0, 0.05) is 5.56 Å². The Balaban J connectivity index is 1.90. The highest BCUT2D eigenvalue weighted by molar-refractivity contribution is 5.51. The van der Waals surface area contributed by atoms with E-state index in [0.717, 1.165) is 5.56 Å². The van der Waals surface area contributed by atoms with Gasteiger partial charge in [-0.1, -0.05) is 48.5 Å². The first-order valence-electron chi connectivity index (χ1n) is 6.28. The lowest BCUT2D eigenvalue weighted by Crippen LogP contribution is -1.95. The van der Waals surface area contributed by atoms with Crippen LogP contribution in [-0.4, -0.2) is 10.2 Å². The second kappa shape index (κ2) is 5.06. The predicted octanol–water partition coefficient (Wildman–Crippen LogP) is 3.89. The van der Waals surface area contributed by atoms with Crippen molar-refractivity contribution in [3.63, 3.8) is 0 Å². The van der Waals surface area contributed by atoms with Gasteiger partial charge in [-0.3, -0.25) is 0 Å². The van der Waals surface area contributed by atoms with E-state index in [0.29, 0.717) is 11.8 Å². The van der Waals surface area contributed by atoms with E-state index in [4.69, 9.17) is 4.42 Å². The van der Waals surface area contributed by atoms with Gasteiger partial charge in [-0.15, -0.1) is 10.2 Å². The number of rotatable bonds is 3. The molecule has 0 aliphatic rings. The Labute approximate surface area is 111 Å². The zero-order valence-corrected chi connectivity index (χ0v) is 10.7. The summed E-state index contributed by atoms with van der Waals surface area (Å²) in [6, 6.07) is 20.0. The molecule has 0 saturated heterocycles. The monoisotopic (exact) mass is 250 g/mol. The van der Waals surface area contributed by atoms with E-state index >= 15 is 0 Å². The third kappa shape index (κ3) is 2.40. The number of hydrogen-bond acceptors (Lipinski definition) is 3. The molecule has 0 N–H and O–H groups in total. The Morgan fingerprint density at radius 2 is 1.47 bits per heavy atom.